The quantitative estimate of drug-likeness (QED) is 0.395. The Morgan fingerprint density at radius 2 is 1.37 bits per heavy atom. The lowest BCUT2D eigenvalue weighted by Crippen LogP contribution is -2.40. The lowest BCUT2D eigenvalue weighted by Gasteiger charge is -2.36. The first-order valence-corrected chi connectivity index (χ1v) is 12.6. The fourth-order valence-electron chi connectivity index (χ4n) is 1.57. The van der Waals surface area contributed by atoms with E-state index in [1.807, 2.05) is 0 Å². The molecule has 0 amide bonds. The Balaban J connectivity index is 0.000000309. The van der Waals surface area contributed by atoms with Gasteiger partial charge in [-0.05, 0) is 30.3 Å². The molecule has 0 aliphatic heterocycles. The van der Waals surface area contributed by atoms with E-state index in [2.05, 4.69) is 43.8 Å². The molecule has 27 heavy (non-hydrogen) atoms. The van der Waals surface area contributed by atoms with E-state index in [1.54, 1.807) is 12.3 Å². The summed E-state index contributed by atoms with van der Waals surface area (Å²) in [5, 5.41) is 10.6. The summed E-state index contributed by atoms with van der Waals surface area (Å²) in [6.45, 7) is 11.4. The van der Waals surface area contributed by atoms with Crippen LogP contribution in [0.4, 0.5) is 0 Å². The Labute approximate surface area is 181 Å². The van der Waals surface area contributed by atoms with Crippen LogP contribution in [0.2, 0.25) is 38.5 Å². The minimum absolute atomic E-state index is 0.108. The smallest absolute Gasteiger partial charge is 0.192 e. The zero-order chi connectivity index (χ0) is 20.8. The molecule has 0 atom stereocenters. The number of nitrogens with zero attached hydrogens (tertiary/aromatic N) is 2. The molecular formula is C18H24Cl4N2O2Si. The van der Waals surface area contributed by atoms with Gasteiger partial charge in [0.15, 0.2) is 8.32 Å². The van der Waals surface area contributed by atoms with E-state index >= 15 is 0 Å². The lowest BCUT2D eigenvalue weighted by molar-refractivity contribution is 0.276. The number of aliphatic hydroxyl groups excluding tert-OH is 1. The molecule has 0 spiro atoms. The lowest BCUT2D eigenvalue weighted by atomic mass is 10.2. The zero-order valence-electron chi connectivity index (χ0n) is 16.0. The van der Waals surface area contributed by atoms with E-state index in [9.17, 15) is 0 Å². The summed E-state index contributed by atoms with van der Waals surface area (Å²) in [4.78, 5) is 7.75. The molecule has 0 radical (unpaired) electrons. The van der Waals surface area contributed by atoms with E-state index in [0.29, 0.717) is 32.5 Å². The number of rotatable bonds is 4. The Hall–Kier alpha value is -0.403. The van der Waals surface area contributed by atoms with Crippen molar-refractivity contribution in [1.82, 2.24) is 9.97 Å². The Kier molecular flexibility index (Phi) is 9.48. The summed E-state index contributed by atoms with van der Waals surface area (Å²) in [7, 11) is -1.74. The first kappa shape index (κ1) is 24.6. The summed E-state index contributed by atoms with van der Waals surface area (Å²) in [5.74, 6) is 0. The van der Waals surface area contributed by atoms with Gasteiger partial charge in [-0.15, -0.1) is 0 Å². The predicted octanol–water partition coefficient (Wildman–Crippen LogP) is 6.79. The van der Waals surface area contributed by atoms with Gasteiger partial charge in [0.2, 0.25) is 0 Å². The zero-order valence-corrected chi connectivity index (χ0v) is 20.0. The average Bonchev–Trinajstić information content (AvgIpc) is 2.53. The molecule has 0 unspecified atom stereocenters. The van der Waals surface area contributed by atoms with Crippen molar-refractivity contribution >= 4 is 54.7 Å². The third-order valence-corrected chi connectivity index (χ3v) is 9.95. The fraction of sp³-hybridized carbons (Fsp3) is 0.444. The minimum Gasteiger partial charge on any atom is -0.412 e. The summed E-state index contributed by atoms with van der Waals surface area (Å²) < 4.78 is 6.07. The molecule has 0 aromatic carbocycles. The Morgan fingerprint density at radius 3 is 1.74 bits per heavy atom. The maximum absolute atomic E-state index is 8.64. The van der Waals surface area contributed by atoms with E-state index in [-0.39, 0.29) is 11.6 Å². The van der Waals surface area contributed by atoms with E-state index < -0.39 is 8.32 Å². The summed E-state index contributed by atoms with van der Waals surface area (Å²) in [6, 6.07) is 3.14. The van der Waals surface area contributed by atoms with Crippen molar-refractivity contribution in [2.45, 2.75) is 52.1 Å². The largest absolute Gasteiger partial charge is 0.412 e. The molecule has 150 valence electrons. The van der Waals surface area contributed by atoms with Crippen LogP contribution in [0, 0.1) is 0 Å². The van der Waals surface area contributed by atoms with Gasteiger partial charge >= 0.3 is 0 Å². The first-order valence-electron chi connectivity index (χ1n) is 8.22. The van der Waals surface area contributed by atoms with Gasteiger partial charge in [0, 0.05) is 23.5 Å². The van der Waals surface area contributed by atoms with Gasteiger partial charge in [-0.25, -0.2) is 9.97 Å². The SMILES string of the molecule is CC(C)(C)[Si](C)(C)OCc1cnc(Cl)cc1Cl.OCc1cnc(Cl)cc1Cl. The molecule has 2 aromatic heterocycles. The van der Waals surface area contributed by atoms with Crippen LogP contribution in [0.1, 0.15) is 31.9 Å². The summed E-state index contributed by atoms with van der Waals surface area (Å²) in [5.41, 5.74) is 1.48. The standard InChI is InChI=1S/C12H19Cl2NOSi.C6H5Cl2NO/c1-12(2,3)17(4,5)16-8-9-7-15-11(14)6-10(9)13;7-5-1-6(8)9-2-4(5)3-10/h6-7H,8H2,1-5H3;1-2,10H,3H2. The summed E-state index contributed by atoms with van der Waals surface area (Å²) >= 11 is 23.0. The molecule has 0 saturated carbocycles. The average molecular weight is 470 g/mol. The molecule has 2 aromatic rings. The molecule has 2 heterocycles. The van der Waals surface area contributed by atoms with Crippen molar-refractivity contribution in [2.75, 3.05) is 0 Å². The normalized spacial score (nSPS) is 11.8. The molecule has 2 rings (SSSR count). The topological polar surface area (TPSA) is 55.2 Å². The second-order valence-corrected chi connectivity index (χ2v) is 13.8. The number of aliphatic hydroxyl groups is 1. The monoisotopic (exact) mass is 468 g/mol. The number of hydrogen-bond acceptors (Lipinski definition) is 4. The van der Waals surface area contributed by atoms with Crippen LogP contribution in [0.5, 0.6) is 0 Å². The highest BCUT2D eigenvalue weighted by Crippen LogP contribution is 2.37. The maximum Gasteiger partial charge on any atom is 0.192 e. The highest BCUT2D eigenvalue weighted by molar-refractivity contribution is 6.74. The molecule has 4 nitrogen and oxygen atoms in total. The minimum atomic E-state index is -1.74. The number of aromatic nitrogens is 2. The van der Waals surface area contributed by atoms with Crippen LogP contribution in [-0.4, -0.2) is 23.4 Å². The highest BCUT2D eigenvalue weighted by atomic mass is 35.5. The number of pyridine rings is 2. The van der Waals surface area contributed by atoms with Crippen LogP contribution >= 0.6 is 46.4 Å². The predicted molar refractivity (Wildman–Crippen MR) is 116 cm³/mol. The van der Waals surface area contributed by atoms with Gasteiger partial charge in [-0.1, -0.05) is 67.2 Å². The van der Waals surface area contributed by atoms with Crippen LogP contribution < -0.4 is 0 Å². The van der Waals surface area contributed by atoms with Crippen molar-refractivity contribution < 1.29 is 9.53 Å². The highest BCUT2D eigenvalue weighted by Gasteiger charge is 2.37. The summed E-state index contributed by atoms with van der Waals surface area (Å²) in [6.07, 6.45) is 3.13. The van der Waals surface area contributed by atoms with Gasteiger partial charge in [0.1, 0.15) is 10.3 Å². The first-order chi connectivity index (χ1) is 12.4. The molecule has 0 saturated heterocycles. The van der Waals surface area contributed by atoms with Crippen LogP contribution in [0.15, 0.2) is 24.5 Å². The van der Waals surface area contributed by atoms with Crippen molar-refractivity contribution in [1.29, 1.82) is 0 Å². The molecule has 9 heteroatoms. The van der Waals surface area contributed by atoms with Crippen LogP contribution in [0.3, 0.4) is 0 Å². The van der Waals surface area contributed by atoms with Gasteiger partial charge in [-0.3, -0.25) is 0 Å². The van der Waals surface area contributed by atoms with Gasteiger partial charge in [0.25, 0.3) is 0 Å². The number of hydrogen-bond donors (Lipinski definition) is 1. The fourth-order valence-corrected chi connectivity index (χ4v) is 3.36. The molecule has 0 bridgehead atoms. The second kappa shape index (κ2) is 10.4. The van der Waals surface area contributed by atoms with E-state index in [4.69, 9.17) is 55.9 Å². The molecule has 0 aliphatic rings. The third kappa shape index (κ3) is 7.85. The molecule has 0 fully saturated rings. The van der Waals surface area contributed by atoms with Crippen molar-refractivity contribution in [3.8, 4) is 0 Å². The van der Waals surface area contributed by atoms with Gasteiger partial charge < -0.3 is 9.53 Å². The van der Waals surface area contributed by atoms with E-state index in [0.717, 1.165) is 5.56 Å². The van der Waals surface area contributed by atoms with Crippen LogP contribution in [-0.2, 0) is 17.6 Å². The Bertz CT molecular complexity index is 768. The maximum atomic E-state index is 8.64. The number of halogens is 4. The molecular weight excluding hydrogens is 446 g/mol. The van der Waals surface area contributed by atoms with Crippen molar-refractivity contribution in [3.05, 3.63) is 56.0 Å². The van der Waals surface area contributed by atoms with Crippen LogP contribution in [0.25, 0.3) is 0 Å². The van der Waals surface area contributed by atoms with Crippen molar-refractivity contribution in [3.63, 3.8) is 0 Å². The molecule has 0 aliphatic carbocycles. The van der Waals surface area contributed by atoms with Gasteiger partial charge in [-0.2, -0.15) is 0 Å². The van der Waals surface area contributed by atoms with Gasteiger partial charge in [0.05, 0.1) is 23.3 Å². The molecule has 1 N–H and O–H groups in total. The van der Waals surface area contributed by atoms with Crippen molar-refractivity contribution in [2.24, 2.45) is 0 Å². The Morgan fingerprint density at radius 1 is 0.926 bits per heavy atom. The van der Waals surface area contributed by atoms with E-state index in [1.165, 1.54) is 12.3 Å². The second-order valence-electron chi connectivity index (χ2n) is 7.40. The third-order valence-electron chi connectivity index (χ3n) is 4.36.